The zero-order valence-corrected chi connectivity index (χ0v) is 9.19. The fourth-order valence-electron chi connectivity index (χ4n) is 1.60. The summed E-state index contributed by atoms with van der Waals surface area (Å²) in [6.07, 6.45) is 6.70. The van der Waals surface area contributed by atoms with Crippen molar-refractivity contribution >= 4 is 16.8 Å². The van der Waals surface area contributed by atoms with Crippen LogP contribution in [0.1, 0.15) is 12.0 Å². The van der Waals surface area contributed by atoms with Crippen LogP contribution in [0.15, 0.2) is 66.9 Å². The van der Waals surface area contributed by atoms with Crippen molar-refractivity contribution < 1.29 is 0 Å². The molecule has 2 aromatic carbocycles. The monoisotopic (exact) mass is 206 g/mol. The van der Waals surface area contributed by atoms with E-state index < -0.39 is 0 Å². The molecular weight excluding hydrogens is 192 g/mol. The molecule has 0 heteroatoms. The van der Waals surface area contributed by atoms with Gasteiger partial charge in [-0.2, -0.15) is 0 Å². The molecule has 0 aliphatic rings. The lowest BCUT2D eigenvalue weighted by Crippen LogP contribution is -1.74. The van der Waals surface area contributed by atoms with Gasteiger partial charge in [-0.25, -0.2) is 0 Å². The first-order chi connectivity index (χ1) is 7.90. The lowest BCUT2D eigenvalue weighted by molar-refractivity contribution is 1.42. The van der Waals surface area contributed by atoms with Gasteiger partial charge in [0.05, 0.1) is 0 Å². The van der Waals surface area contributed by atoms with Crippen LogP contribution in [0.4, 0.5) is 0 Å². The van der Waals surface area contributed by atoms with E-state index in [9.17, 15) is 0 Å². The molecule has 0 saturated heterocycles. The Morgan fingerprint density at radius 2 is 1.88 bits per heavy atom. The summed E-state index contributed by atoms with van der Waals surface area (Å²) >= 11 is 0. The second-order valence-corrected chi connectivity index (χ2v) is 3.65. The largest absolute Gasteiger partial charge is 0.124 e. The summed E-state index contributed by atoms with van der Waals surface area (Å²) in [5, 5.41) is 2.54. The van der Waals surface area contributed by atoms with Gasteiger partial charge in [0.2, 0.25) is 0 Å². The first-order valence-electron chi connectivity index (χ1n) is 5.41. The number of rotatable bonds is 3. The van der Waals surface area contributed by atoms with E-state index in [0.717, 1.165) is 6.42 Å². The average Bonchev–Trinajstić information content (AvgIpc) is 2.34. The van der Waals surface area contributed by atoms with E-state index in [1.165, 1.54) is 16.3 Å². The second-order valence-electron chi connectivity index (χ2n) is 3.65. The standard InChI is InChI=1S/C16H14/c1-2-3-4-5-8-14-11-12-15-9-6-7-10-16(15)13-14/h2,4,6-13H,1,3H2. The van der Waals surface area contributed by atoms with Gasteiger partial charge >= 0.3 is 0 Å². The number of hydrogen-bond acceptors (Lipinski definition) is 0. The predicted molar refractivity (Wildman–Crippen MR) is 71.3 cm³/mol. The molecule has 16 heavy (non-hydrogen) atoms. The van der Waals surface area contributed by atoms with Crippen molar-refractivity contribution in [2.45, 2.75) is 6.42 Å². The van der Waals surface area contributed by atoms with Crippen LogP contribution < -0.4 is 0 Å². The number of fused-ring (bicyclic) bond motifs is 1. The number of allylic oxidation sites excluding steroid dienone is 2. The maximum Gasteiger partial charge on any atom is -0.00956 e. The summed E-state index contributed by atoms with van der Waals surface area (Å²) in [6, 6.07) is 14.8. The Kier molecular flexibility index (Phi) is 3.38. The van der Waals surface area contributed by atoms with E-state index in [0.29, 0.717) is 0 Å². The summed E-state index contributed by atoms with van der Waals surface area (Å²) in [4.78, 5) is 0. The lowest BCUT2D eigenvalue weighted by Gasteiger charge is -1.97. The van der Waals surface area contributed by atoms with Crippen LogP contribution in [0.25, 0.3) is 16.8 Å². The minimum Gasteiger partial charge on any atom is -0.124 e. The topological polar surface area (TPSA) is 0 Å². The van der Waals surface area contributed by atoms with E-state index in [1.54, 1.807) is 0 Å². The van der Waals surface area contributed by atoms with Crippen LogP contribution in [0.2, 0.25) is 0 Å². The van der Waals surface area contributed by atoms with Gasteiger partial charge in [0.25, 0.3) is 0 Å². The van der Waals surface area contributed by atoms with Crippen molar-refractivity contribution in [3.8, 4) is 0 Å². The molecule has 78 valence electrons. The third-order valence-electron chi connectivity index (χ3n) is 2.43. The molecule has 0 atom stereocenters. The smallest absolute Gasteiger partial charge is 0.00956 e. The van der Waals surface area contributed by atoms with Crippen LogP contribution in [0, 0.1) is 0 Å². The minimum atomic E-state index is 0.865. The normalized spacial score (nSPS) is 9.50. The van der Waals surface area contributed by atoms with Gasteiger partial charge in [0, 0.05) is 0 Å². The van der Waals surface area contributed by atoms with E-state index >= 15 is 0 Å². The maximum absolute atomic E-state index is 3.66. The van der Waals surface area contributed by atoms with Crippen molar-refractivity contribution in [3.05, 3.63) is 72.5 Å². The van der Waals surface area contributed by atoms with Gasteiger partial charge in [0.1, 0.15) is 0 Å². The van der Waals surface area contributed by atoms with Crippen molar-refractivity contribution in [2.75, 3.05) is 0 Å². The molecule has 0 N–H and O–H groups in total. The molecule has 0 saturated carbocycles. The molecule has 0 amide bonds. The first kappa shape index (κ1) is 10.5. The zero-order chi connectivity index (χ0) is 11.2. The highest BCUT2D eigenvalue weighted by molar-refractivity contribution is 5.84. The van der Waals surface area contributed by atoms with Crippen LogP contribution >= 0.6 is 0 Å². The fraction of sp³-hybridized carbons (Fsp3) is 0.0625. The minimum absolute atomic E-state index is 0.865. The van der Waals surface area contributed by atoms with E-state index in [1.807, 2.05) is 18.2 Å². The molecule has 0 unspecified atom stereocenters. The van der Waals surface area contributed by atoms with E-state index in [-0.39, 0.29) is 0 Å². The Labute approximate surface area is 96.2 Å². The van der Waals surface area contributed by atoms with Crippen LogP contribution in [0.3, 0.4) is 0 Å². The summed E-state index contributed by atoms with van der Waals surface area (Å²) in [6.45, 7) is 3.66. The highest BCUT2D eigenvalue weighted by Crippen LogP contribution is 2.16. The van der Waals surface area contributed by atoms with E-state index in [4.69, 9.17) is 0 Å². The van der Waals surface area contributed by atoms with Gasteiger partial charge in [0.15, 0.2) is 0 Å². The number of benzene rings is 2. The second kappa shape index (κ2) is 5.16. The Balaban J connectivity index is 2.32. The molecule has 2 rings (SSSR count). The molecule has 0 aliphatic carbocycles. The molecule has 0 aliphatic heterocycles. The third kappa shape index (κ3) is 2.50. The molecule has 0 bridgehead atoms. The summed E-state index contributed by atoms with van der Waals surface area (Å²) in [7, 11) is 0. The maximum atomic E-state index is 3.66. The van der Waals surface area contributed by atoms with Gasteiger partial charge < -0.3 is 0 Å². The Morgan fingerprint density at radius 1 is 1.06 bits per heavy atom. The summed E-state index contributed by atoms with van der Waals surface area (Å²) in [5.41, 5.74) is 4.33. The van der Waals surface area contributed by atoms with Gasteiger partial charge in [-0.1, -0.05) is 42.5 Å². The van der Waals surface area contributed by atoms with Crippen molar-refractivity contribution in [2.24, 2.45) is 0 Å². The molecule has 0 radical (unpaired) electrons. The fourth-order valence-corrected chi connectivity index (χ4v) is 1.60. The van der Waals surface area contributed by atoms with E-state index in [2.05, 4.69) is 54.8 Å². The number of hydrogen-bond donors (Lipinski definition) is 0. The molecule has 0 fully saturated rings. The Hall–Kier alpha value is -2.04. The van der Waals surface area contributed by atoms with Gasteiger partial charge in [-0.15, -0.1) is 12.3 Å². The highest BCUT2D eigenvalue weighted by Gasteiger charge is 1.91. The Morgan fingerprint density at radius 3 is 2.69 bits per heavy atom. The zero-order valence-electron chi connectivity index (χ0n) is 9.19. The van der Waals surface area contributed by atoms with Crippen LogP contribution in [-0.2, 0) is 0 Å². The summed E-state index contributed by atoms with van der Waals surface area (Å²) < 4.78 is 0. The van der Waals surface area contributed by atoms with Gasteiger partial charge in [-0.3, -0.25) is 0 Å². The van der Waals surface area contributed by atoms with Crippen LogP contribution in [0.5, 0.6) is 0 Å². The molecule has 0 aromatic heterocycles. The van der Waals surface area contributed by atoms with Crippen molar-refractivity contribution in [1.82, 2.24) is 0 Å². The molecule has 2 aromatic rings. The van der Waals surface area contributed by atoms with Gasteiger partial charge in [-0.05, 0) is 41.0 Å². The quantitative estimate of drug-likeness (QED) is 0.509. The third-order valence-corrected chi connectivity index (χ3v) is 2.43. The summed E-state index contributed by atoms with van der Waals surface area (Å²) in [5.74, 6) is 0. The highest BCUT2D eigenvalue weighted by atomic mass is 14.0. The SMILES string of the molecule is C=CCC=C=Cc1ccc2ccccc2c1. The molecular formula is C16H14. The molecule has 0 nitrogen and oxygen atoms in total. The Bertz CT molecular complexity index is 555. The average molecular weight is 206 g/mol. The first-order valence-corrected chi connectivity index (χ1v) is 5.41. The lowest BCUT2D eigenvalue weighted by atomic mass is 10.1. The molecule has 0 spiro atoms. The van der Waals surface area contributed by atoms with Crippen molar-refractivity contribution in [1.29, 1.82) is 0 Å². The predicted octanol–water partition coefficient (Wildman–Crippen LogP) is 4.58. The van der Waals surface area contributed by atoms with Crippen molar-refractivity contribution in [3.63, 3.8) is 0 Å². The van der Waals surface area contributed by atoms with Crippen LogP contribution in [-0.4, -0.2) is 0 Å². The molecule has 0 heterocycles.